The molecular formula is C54H64N8O6. The summed E-state index contributed by atoms with van der Waals surface area (Å²) < 4.78 is 9.68. The standard InChI is InChI=1S/C54H64N8O6/c1-29(2)47(59-53(65)67-7)51(63)61-27-31(5)21-45(61)49-55-41-19-17-37(25-43(41)57-49)39-23-33-9-13-35(39)15-11-34-10-14-36(16-12-33)40(24-34)38-18-20-42-44(26-38)58-50(56-42)46-22-32(6)28-62(46)52(64)48(30(3)4)60-54(66)68-8/h9-10,13-14,17-20,23-26,29-32,45-48H,11-12,15-16,21-22,27-28H2,1-8H3,(H,55,57)(H,56,58)(H,59,65)(H,60,66)/t31-,32-,45+,46?,47+,48+/m1/s1. The highest BCUT2D eigenvalue weighted by Crippen LogP contribution is 2.39. The SMILES string of the molecule is COC(=O)N[C@H](C(=O)N1C[C@H](C)CC1c1nc2cc(-c3cc4ccc3CCc3ccc(c(-c5ccc6[nH]c([C@@H]7C[C@@H](C)CN7C(=O)[C@@H](NC(=O)OC)C(C)C)nc6c5)c3)CC4)ccc2[nH]1)C(C)C. The fourth-order valence-corrected chi connectivity index (χ4v) is 10.6. The van der Waals surface area contributed by atoms with Crippen molar-refractivity contribution in [2.75, 3.05) is 27.3 Å². The molecule has 4 amide bonds. The van der Waals surface area contributed by atoms with Crippen LogP contribution in [-0.4, -0.2) is 93.1 Å². The molecule has 4 N–H and O–H groups in total. The molecule has 0 radical (unpaired) electrons. The zero-order chi connectivity index (χ0) is 48.0. The number of benzene rings is 4. The Bertz CT molecular complexity index is 2690. The summed E-state index contributed by atoms with van der Waals surface area (Å²) in [5, 5.41) is 5.51. The molecule has 6 aliphatic rings. The number of nitrogens with zero attached hydrogens (tertiary/aromatic N) is 4. The van der Waals surface area contributed by atoms with E-state index in [1.165, 1.54) is 47.6 Å². The zero-order valence-corrected chi connectivity index (χ0v) is 40.4. The molecule has 2 fully saturated rings. The average molecular weight is 921 g/mol. The number of rotatable bonds is 10. The number of ether oxygens (including phenoxy) is 2. The summed E-state index contributed by atoms with van der Waals surface area (Å²) in [4.78, 5) is 73.3. The van der Waals surface area contributed by atoms with Gasteiger partial charge in [-0.25, -0.2) is 19.6 Å². The van der Waals surface area contributed by atoms with Crippen LogP contribution in [0, 0.1) is 23.7 Å². The van der Waals surface area contributed by atoms with Crippen molar-refractivity contribution in [2.24, 2.45) is 23.7 Å². The molecule has 1 unspecified atom stereocenters. The van der Waals surface area contributed by atoms with Gasteiger partial charge in [-0.15, -0.1) is 0 Å². The molecule has 2 aliphatic heterocycles. The minimum Gasteiger partial charge on any atom is -0.453 e. The second-order valence-corrected chi connectivity index (χ2v) is 20.1. The molecule has 14 heteroatoms. The van der Waals surface area contributed by atoms with Crippen LogP contribution in [0.25, 0.3) is 44.3 Å². The maximum atomic E-state index is 14.0. The highest BCUT2D eigenvalue weighted by molar-refractivity contribution is 5.89. The number of aromatic nitrogens is 4. The Morgan fingerprint density at radius 1 is 0.588 bits per heavy atom. The fraction of sp³-hybridized carbons (Fsp3) is 0.444. The molecule has 4 bridgehead atoms. The number of carbonyl (C=O) groups is 4. The van der Waals surface area contributed by atoms with Crippen LogP contribution in [0.1, 0.15) is 100 Å². The first-order valence-electron chi connectivity index (χ1n) is 24.2. The smallest absolute Gasteiger partial charge is 0.407 e. The van der Waals surface area contributed by atoms with Crippen LogP contribution in [0.15, 0.2) is 72.8 Å². The topological polar surface area (TPSA) is 175 Å². The van der Waals surface area contributed by atoms with Crippen LogP contribution < -0.4 is 10.6 Å². The number of aromatic amines is 2. The predicted molar refractivity (Wildman–Crippen MR) is 263 cm³/mol. The van der Waals surface area contributed by atoms with Crippen molar-refractivity contribution in [1.82, 2.24) is 40.4 Å². The molecular weight excluding hydrogens is 857 g/mol. The lowest BCUT2D eigenvalue weighted by Crippen LogP contribution is -2.51. The number of hydrogen-bond acceptors (Lipinski definition) is 8. The molecule has 6 atom stereocenters. The summed E-state index contributed by atoms with van der Waals surface area (Å²) in [7, 11) is 2.61. The monoisotopic (exact) mass is 920 g/mol. The summed E-state index contributed by atoms with van der Waals surface area (Å²) >= 11 is 0. The molecule has 356 valence electrons. The Balaban J connectivity index is 0.951. The lowest BCUT2D eigenvalue weighted by molar-refractivity contribution is -0.136. The van der Waals surface area contributed by atoms with Gasteiger partial charge in [0.2, 0.25) is 11.8 Å². The number of carbonyl (C=O) groups excluding carboxylic acids is 4. The number of aryl methyl sites for hydroxylation is 4. The lowest BCUT2D eigenvalue weighted by Gasteiger charge is -2.30. The molecule has 0 saturated carbocycles. The fourth-order valence-electron chi connectivity index (χ4n) is 10.6. The second kappa shape index (κ2) is 19.1. The van der Waals surface area contributed by atoms with Crippen molar-refractivity contribution in [3.05, 3.63) is 107 Å². The first-order valence-corrected chi connectivity index (χ1v) is 24.2. The Kier molecular flexibility index (Phi) is 13.1. The summed E-state index contributed by atoms with van der Waals surface area (Å²) in [6.07, 6.45) is 3.75. The van der Waals surface area contributed by atoms with E-state index in [0.29, 0.717) is 13.1 Å². The van der Waals surface area contributed by atoms with Gasteiger partial charge in [-0.1, -0.05) is 90.1 Å². The summed E-state index contributed by atoms with van der Waals surface area (Å²) in [5.74, 6) is 1.56. The third-order valence-corrected chi connectivity index (χ3v) is 14.3. The number of nitrogens with one attached hydrogen (secondary N) is 4. The van der Waals surface area contributed by atoms with E-state index in [1.807, 2.05) is 37.5 Å². The maximum absolute atomic E-state index is 14.0. The molecule has 4 aromatic carbocycles. The van der Waals surface area contributed by atoms with Crippen LogP contribution in [0.2, 0.25) is 0 Å². The van der Waals surface area contributed by atoms with Crippen LogP contribution in [0.5, 0.6) is 0 Å². The normalized spacial score (nSPS) is 20.2. The number of hydrogen-bond donors (Lipinski definition) is 4. The minimum absolute atomic E-state index is 0.118. The summed E-state index contributed by atoms with van der Waals surface area (Å²) in [5.41, 5.74) is 13.2. The van der Waals surface area contributed by atoms with Gasteiger partial charge in [-0.3, -0.25) is 9.59 Å². The minimum atomic E-state index is -0.705. The summed E-state index contributed by atoms with van der Waals surface area (Å²) in [6, 6.07) is 24.8. The second-order valence-electron chi connectivity index (χ2n) is 20.1. The van der Waals surface area contributed by atoms with Crippen molar-refractivity contribution in [3.8, 4) is 22.3 Å². The van der Waals surface area contributed by atoms with Crippen molar-refractivity contribution in [2.45, 2.75) is 104 Å². The molecule has 68 heavy (non-hydrogen) atoms. The average Bonchev–Trinajstić information content (AvgIpc) is 4.13. The number of likely N-dealkylation sites (tertiary alicyclic amines) is 2. The van der Waals surface area contributed by atoms with E-state index < -0.39 is 24.3 Å². The van der Waals surface area contributed by atoms with E-state index >= 15 is 0 Å². The van der Waals surface area contributed by atoms with Crippen molar-refractivity contribution >= 4 is 46.1 Å². The molecule has 12 rings (SSSR count). The number of H-pyrrole nitrogens is 2. The van der Waals surface area contributed by atoms with E-state index in [-0.39, 0.29) is 47.6 Å². The van der Waals surface area contributed by atoms with Crippen LogP contribution >= 0.6 is 0 Å². The molecule has 4 aliphatic carbocycles. The van der Waals surface area contributed by atoms with Gasteiger partial charge in [-0.2, -0.15) is 0 Å². The predicted octanol–water partition coefficient (Wildman–Crippen LogP) is 9.24. The third kappa shape index (κ3) is 9.29. The Labute approximate surface area is 398 Å². The van der Waals surface area contributed by atoms with Gasteiger partial charge >= 0.3 is 12.2 Å². The molecule has 4 heterocycles. The van der Waals surface area contributed by atoms with E-state index in [1.54, 1.807) is 0 Å². The van der Waals surface area contributed by atoms with Gasteiger partial charge in [0, 0.05) is 13.1 Å². The maximum Gasteiger partial charge on any atom is 0.407 e. The highest BCUT2D eigenvalue weighted by atomic mass is 16.5. The third-order valence-electron chi connectivity index (χ3n) is 14.3. The van der Waals surface area contributed by atoms with Crippen LogP contribution in [0.4, 0.5) is 9.59 Å². The van der Waals surface area contributed by atoms with Gasteiger partial charge in [0.05, 0.1) is 48.4 Å². The molecule has 0 spiro atoms. The Morgan fingerprint density at radius 2 is 1.00 bits per heavy atom. The number of fused-ring (bicyclic) bond motifs is 2. The first kappa shape index (κ1) is 46.4. The van der Waals surface area contributed by atoms with Gasteiger partial charge in [0.1, 0.15) is 23.7 Å². The van der Waals surface area contributed by atoms with Crippen molar-refractivity contribution in [1.29, 1.82) is 0 Å². The molecule has 14 nitrogen and oxygen atoms in total. The number of amides is 4. The van der Waals surface area contributed by atoms with E-state index in [9.17, 15) is 19.2 Å². The largest absolute Gasteiger partial charge is 0.453 e. The van der Waals surface area contributed by atoms with Crippen LogP contribution in [0.3, 0.4) is 0 Å². The van der Waals surface area contributed by atoms with Crippen LogP contribution in [-0.2, 0) is 44.7 Å². The Morgan fingerprint density at radius 3 is 1.38 bits per heavy atom. The quantitative estimate of drug-likeness (QED) is 0.105. The highest BCUT2D eigenvalue weighted by Gasteiger charge is 2.42. The van der Waals surface area contributed by atoms with Gasteiger partial charge < -0.3 is 39.9 Å². The summed E-state index contributed by atoms with van der Waals surface area (Å²) in [6.45, 7) is 13.2. The van der Waals surface area contributed by atoms with Gasteiger partial charge in [0.25, 0.3) is 0 Å². The van der Waals surface area contributed by atoms with E-state index in [0.717, 1.165) is 83.4 Å². The first-order chi connectivity index (χ1) is 32.7. The lowest BCUT2D eigenvalue weighted by atomic mass is 9.87. The van der Waals surface area contributed by atoms with Crippen molar-refractivity contribution < 1.29 is 28.7 Å². The number of alkyl carbamates (subject to hydrolysis) is 2. The van der Waals surface area contributed by atoms with E-state index in [2.05, 4.69) is 107 Å². The molecule has 2 saturated heterocycles. The van der Waals surface area contributed by atoms with Gasteiger partial charge in [-0.05, 0) is 131 Å². The molecule has 6 aromatic rings. The number of methoxy groups -OCH3 is 2. The Hall–Kier alpha value is -6.70. The van der Waals surface area contributed by atoms with Gasteiger partial charge in [0.15, 0.2) is 0 Å². The number of imidazole rings is 2. The van der Waals surface area contributed by atoms with E-state index in [4.69, 9.17) is 19.4 Å². The zero-order valence-electron chi connectivity index (χ0n) is 40.4. The molecule has 2 aromatic heterocycles. The van der Waals surface area contributed by atoms with Crippen molar-refractivity contribution in [3.63, 3.8) is 0 Å².